The summed E-state index contributed by atoms with van der Waals surface area (Å²) >= 11 is 0. The molecule has 16 heavy (non-hydrogen) atoms. The molecular weight excluding hydrogens is 222 g/mol. The van der Waals surface area contributed by atoms with Gasteiger partial charge in [-0.2, -0.15) is 5.10 Å². The van der Waals surface area contributed by atoms with E-state index in [-0.39, 0.29) is 4.75 Å². The van der Waals surface area contributed by atoms with E-state index in [0.29, 0.717) is 6.61 Å². The largest absolute Gasteiger partial charge is 0.329 e. The van der Waals surface area contributed by atoms with Crippen LogP contribution < -0.4 is 0 Å². The van der Waals surface area contributed by atoms with E-state index in [2.05, 4.69) is 43.4 Å². The summed E-state index contributed by atoms with van der Waals surface area (Å²) in [7, 11) is -1.08. The van der Waals surface area contributed by atoms with E-state index in [1.165, 1.54) is 0 Å². The van der Waals surface area contributed by atoms with Gasteiger partial charge in [-0.05, 0) is 19.4 Å². The van der Waals surface area contributed by atoms with Gasteiger partial charge in [-0.25, -0.2) is 4.98 Å². The molecule has 0 N–H and O–H groups in total. The monoisotopic (exact) mass is 245 g/mol. The molecule has 0 bridgehead atoms. The van der Waals surface area contributed by atoms with Crippen LogP contribution in [0.2, 0.25) is 0 Å². The summed E-state index contributed by atoms with van der Waals surface area (Å²) in [5, 5.41) is 4.31. The molecule has 0 atom stereocenters. The third kappa shape index (κ3) is 3.22. The zero-order valence-corrected chi connectivity index (χ0v) is 12.0. The third-order valence-electron chi connectivity index (χ3n) is 2.87. The van der Waals surface area contributed by atoms with Crippen molar-refractivity contribution in [2.75, 3.05) is 12.5 Å². The Morgan fingerprint density at radius 1 is 1.38 bits per heavy atom. The van der Waals surface area contributed by atoms with Crippen LogP contribution in [0.1, 0.15) is 33.5 Å². The summed E-state index contributed by atoms with van der Waals surface area (Å²) < 4.78 is 7.98. The number of aromatic nitrogens is 3. The highest BCUT2D eigenvalue weighted by Crippen LogP contribution is 2.54. The van der Waals surface area contributed by atoms with Crippen molar-refractivity contribution in [2.24, 2.45) is 0 Å². The van der Waals surface area contributed by atoms with Gasteiger partial charge in [-0.1, -0.05) is 20.8 Å². The van der Waals surface area contributed by atoms with Crippen molar-refractivity contribution in [3.63, 3.8) is 0 Å². The average Bonchev–Trinajstić information content (AvgIpc) is 2.60. The van der Waals surface area contributed by atoms with E-state index in [1.54, 1.807) is 6.33 Å². The first-order valence-corrected chi connectivity index (χ1v) is 7.89. The highest BCUT2D eigenvalue weighted by Gasteiger charge is 2.29. The van der Waals surface area contributed by atoms with Gasteiger partial charge in [0, 0.05) is 11.3 Å². The molecule has 0 aliphatic rings. The van der Waals surface area contributed by atoms with Crippen molar-refractivity contribution in [3.05, 3.63) is 12.2 Å². The Hall–Kier alpha value is -0.550. The second-order valence-corrected chi connectivity index (χ2v) is 9.05. The molecule has 1 aromatic rings. The normalized spacial score (nSPS) is 14.1. The molecule has 0 aliphatic heterocycles. The molecule has 0 fully saturated rings. The maximum absolute atomic E-state index is 5.98. The standard InChI is InChI=1S/C11H23N3OS/c1-7-14-9-12-10(13-14)8-15-16(5,6)11(2,3)4/h9H,7-8H2,1-6H3. The summed E-state index contributed by atoms with van der Waals surface area (Å²) in [6.07, 6.45) is 6.12. The Morgan fingerprint density at radius 2 is 2.00 bits per heavy atom. The molecule has 1 aromatic heterocycles. The van der Waals surface area contributed by atoms with Crippen LogP contribution in [0.5, 0.6) is 0 Å². The Morgan fingerprint density at radius 3 is 2.44 bits per heavy atom. The molecular formula is C11H23N3OS. The van der Waals surface area contributed by atoms with Gasteiger partial charge in [0.05, 0.1) is 0 Å². The maximum atomic E-state index is 5.98. The lowest BCUT2D eigenvalue weighted by molar-refractivity contribution is 0.326. The lowest BCUT2D eigenvalue weighted by Gasteiger charge is -2.43. The highest BCUT2D eigenvalue weighted by atomic mass is 32.3. The van der Waals surface area contributed by atoms with Gasteiger partial charge in [0.1, 0.15) is 12.9 Å². The Kier molecular flexibility index (Phi) is 4.02. The van der Waals surface area contributed by atoms with Crippen LogP contribution in [0.3, 0.4) is 0 Å². The summed E-state index contributed by atoms with van der Waals surface area (Å²) in [5.41, 5.74) is 0. The van der Waals surface area contributed by atoms with E-state index in [9.17, 15) is 0 Å². The fourth-order valence-electron chi connectivity index (χ4n) is 0.928. The maximum Gasteiger partial charge on any atom is 0.177 e. The molecule has 0 radical (unpaired) electrons. The molecule has 0 saturated heterocycles. The minimum absolute atomic E-state index is 0.181. The number of rotatable bonds is 4. The molecule has 94 valence electrons. The molecule has 4 nitrogen and oxygen atoms in total. The van der Waals surface area contributed by atoms with E-state index in [1.807, 2.05) is 11.6 Å². The smallest absolute Gasteiger partial charge is 0.177 e. The van der Waals surface area contributed by atoms with Gasteiger partial charge >= 0.3 is 0 Å². The molecule has 0 aromatic carbocycles. The van der Waals surface area contributed by atoms with Gasteiger partial charge in [-0.3, -0.25) is 4.68 Å². The van der Waals surface area contributed by atoms with Crippen LogP contribution >= 0.6 is 10.3 Å². The zero-order chi connectivity index (χ0) is 12.4. The Labute approximate surface area is 99.9 Å². The van der Waals surface area contributed by atoms with Gasteiger partial charge in [0.15, 0.2) is 5.82 Å². The molecule has 0 unspecified atom stereocenters. The fourth-order valence-corrected chi connectivity index (χ4v) is 1.68. The van der Waals surface area contributed by atoms with Crippen molar-refractivity contribution in [2.45, 2.75) is 45.6 Å². The van der Waals surface area contributed by atoms with Crippen LogP contribution in [0.25, 0.3) is 0 Å². The molecule has 0 aliphatic carbocycles. The molecule has 0 amide bonds. The molecule has 1 rings (SSSR count). The van der Waals surface area contributed by atoms with Gasteiger partial charge < -0.3 is 4.18 Å². The molecule has 0 spiro atoms. The van der Waals surface area contributed by atoms with E-state index >= 15 is 0 Å². The predicted octanol–water partition coefficient (Wildman–Crippen LogP) is 2.59. The van der Waals surface area contributed by atoms with Crippen molar-refractivity contribution in [3.8, 4) is 0 Å². The van der Waals surface area contributed by atoms with Crippen molar-refractivity contribution >= 4 is 10.3 Å². The van der Waals surface area contributed by atoms with E-state index in [4.69, 9.17) is 4.18 Å². The summed E-state index contributed by atoms with van der Waals surface area (Å²) in [5.74, 6) is 0.770. The van der Waals surface area contributed by atoms with Crippen LogP contribution in [-0.4, -0.2) is 32.0 Å². The quantitative estimate of drug-likeness (QED) is 0.818. The van der Waals surface area contributed by atoms with Crippen LogP contribution in [0, 0.1) is 0 Å². The second kappa shape index (κ2) is 4.75. The fraction of sp³-hybridized carbons (Fsp3) is 0.818. The van der Waals surface area contributed by atoms with Gasteiger partial charge in [0.25, 0.3) is 0 Å². The third-order valence-corrected chi connectivity index (χ3v) is 6.52. The van der Waals surface area contributed by atoms with Crippen LogP contribution in [0.15, 0.2) is 6.33 Å². The van der Waals surface area contributed by atoms with Crippen LogP contribution in [0.4, 0.5) is 0 Å². The summed E-state index contributed by atoms with van der Waals surface area (Å²) in [6, 6.07) is 0. The number of hydrogen-bond acceptors (Lipinski definition) is 3. The first-order valence-electron chi connectivity index (χ1n) is 5.52. The number of nitrogens with zero attached hydrogens (tertiary/aromatic N) is 3. The SMILES string of the molecule is CCn1cnc(COS(C)(C)C(C)(C)C)n1. The van der Waals surface area contributed by atoms with Crippen molar-refractivity contribution in [1.29, 1.82) is 0 Å². The first-order chi connectivity index (χ1) is 7.26. The highest BCUT2D eigenvalue weighted by molar-refractivity contribution is 8.29. The minimum Gasteiger partial charge on any atom is -0.329 e. The minimum atomic E-state index is -1.08. The van der Waals surface area contributed by atoms with Crippen LogP contribution in [-0.2, 0) is 17.3 Å². The van der Waals surface area contributed by atoms with Crippen molar-refractivity contribution < 1.29 is 4.18 Å². The molecule has 0 saturated carbocycles. The molecule has 5 heteroatoms. The average molecular weight is 245 g/mol. The lowest BCUT2D eigenvalue weighted by Crippen LogP contribution is -2.25. The topological polar surface area (TPSA) is 39.9 Å². The second-order valence-electron chi connectivity index (χ2n) is 5.12. The predicted molar refractivity (Wildman–Crippen MR) is 69.7 cm³/mol. The van der Waals surface area contributed by atoms with E-state index < -0.39 is 10.3 Å². The van der Waals surface area contributed by atoms with E-state index in [0.717, 1.165) is 12.4 Å². The first kappa shape index (κ1) is 13.5. The number of hydrogen-bond donors (Lipinski definition) is 0. The summed E-state index contributed by atoms with van der Waals surface area (Å²) in [4.78, 5) is 4.21. The van der Waals surface area contributed by atoms with Gasteiger partial charge in [0.2, 0.25) is 0 Å². The zero-order valence-electron chi connectivity index (χ0n) is 11.1. The summed E-state index contributed by atoms with van der Waals surface area (Å²) in [6.45, 7) is 10.0. The Balaban J connectivity index is 2.57. The molecule has 1 heterocycles. The Bertz CT molecular complexity index is 341. The van der Waals surface area contributed by atoms with Gasteiger partial charge in [-0.15, -0.1) is 10.3 Å². The lowest BCUT2D eigenvalue weighted by atomic mass is 10.3. The van der Waals surface area contributed by atoms with Crippen molar-refractivity contribution in [1.82, 2.24) is 14.8 Å². The number of aryl methyl sites for hydroxylation is 1.